The van der Waals surface area contributed by atoms with Gasteiger partial charge < -0.3 is 5.73 Å². The maximum Gasteiger partial charge on any atom is 0.100 e. The Morgan fingerprint density at radius 1 is 1.36 bits per heavy atom. The third kappa shape index (κ3) is 1.73. The Hall–Kier alpha value is -0.530. The Bertz CT molecular complexity index is 328. The van der Waals surface area contributed by atoms with E-state index in [2.05, 4.69) is 31.9 Å². The number of nitriles is 1. The number of anilines is 1. The molecule has 0 aliphatic carbocycles. The van der Waals surface area contributed by atoms with Crippen LogP contribution in [-0.4, -0.2) is 0 Å². The minimum Gasteiger partial charge on any atom is -0.398 e. The highest BCUT2D eigenvalue weighted by Gasteiger charge is 2.03. The predicted octanol–water partition coefficient (Wildman–Crippen LogP) is 2.67. The molecule has 0 saturated carbocycles. The van der Waals surface area contributed by atoms with Gasteiger partial charge in [-0.15, -0.1) is 0 Å². The van der Waals surface area contributed by atoms with Gasteiger partial charge in [0.2, 0.25) is 0 Å². The fraction of sp³-hybridized carbons (Fsp3) is 0. The number of rotatable bonds is 0. The minimum absolute atomic E-state index is 0.539. The Balaban J connectivity index is 3.39. The second-order valence-corrected chi connectivity index (χ2v) is 3.68. The number of nitrogens with two attached hydrogens (primary N) is 1. The third-order valence-corrected chi connectivity index (χ3v) is 2.53. The smallest absolute Gasteiger partial charge is 0.100 e. The van der Waals surface area contributed by atoms with E-state index in [0.29, 0.717) is 15.7 Å². The van der Waals surface area contributed by atoms with E-state index in [9.17, 15) is 0 Å². The molecule has 1 aromatic rings. The number of nitrogens with zero attached hydrogens (tertiary/aromatic N) is 1. The molecule has 1 rings (SSSR count). The van der Waals surface area contributed by atoms with Crippen LogP contribution in [0.3, 0.4) is 0 Å². The first kappa shape index (κ1) is 8.57. The molecule has 0 atom stereocenters. The van der Waals surface area contributed by atoms with Gasteiger partial charge >= 0.3 is 0 Å². The molecule has 2 N–H and O–H groups in total. The van der Waals surface area contributed by atoms with E-state index in [1.807, 2.05) is 6.07 Å². The molecular formula is C7H4Br2N2. The molecule has 0 aliphatic rings. The van der Waals surface area contributed by atoms with E-state index in [4.69, 9.17) is 11.0 Å². The lowest BCUT2D eigenvalue weighted by molar-refractivity contribution is 1.45. The van der Waals surface area contributed by atoms with Gasteiger partial charge in [-0.2, -0.15) is 5.26 Å². The minimum atomic E-state index is 0.539. The molecular weight excluding hydrogens is 272 g/mol. The van der Waals surface area contributed by atoms with Gasteiger partial charge in [0.1, 0.15) is 6.07 Å². The zero-order valence-corrected chi connectivity index (χ0v) is 8.61. The summed E-state index contributed by atoms with van der Waals surface area (Å²) in [5.41, 5.74) is 6.67. The first-order valence-electron chi connectivity index (χ1n) is 2.79. The SMILES string of the molecule is N#Cc1cc(Br)cc(N)c1Br. The van der Waals surface area contributed by atoms with Crippen LogP contribution in [0.4, 0.5) is 5.69 Å². The summed E-state index contributed by atoms with van der Waals surface area (Å²) in [7, 11) is 0. The average Bonchev–Trinajstić information content (AvgIpc) is 1.96. The molecule has 0 saturated heterocycles. The molecule has 1 aromatic carbocycles. The largest absolute Gasteiger partial charge is 0.398 e. The Labute approximate surface area is 81.3 Å². The van der Waals surface area contributed by atoms with Gasteiger partial charge in [0.25, 0.3) is 0 Å². The maximum atomic E-state index is 8.61. The first-order chi connectivity index (χ1) is 5.15. The van der Waals surface area contributed by atoms with Crippen LogP contribution < -0.4 is 5.73 Å². The van der Waals surface area contributed by atoms with Crippen LogP contribution in [0, 0.1) is 11.3 Å². The fourth-order valence-corrected chi connectivity index (χ4v) is 1.48. The van der Waals surface area contributed by atoms with Crippen LogP contribution >= 0.6 is 31.9 Å². The highest BCUT2D eigenvalue weighted by Crippen LogP contribution is 2.27. The van der Waals surface area contributed by atoms with Gasteiger partial charge in [0.15, 0.2) is 0 Å². The summed E-state index contributed by atoms with van der Waals surface area (Å²) in [6.07, 6.45) is 0. The lowest BCUT2D eigenvalue weighted by atomic mass is 10.2. The number of halogens is 2. The third-order valence-electron chi connectivity index (χ3n) is 1.19. The highest BCUT2D eigenvalue weighted by atomic mass is 79.9. The van der Waals surface area contributed by atoms with Crippen molar-refractivity contribution in [2.45, 2.75) is 0 Å². The molecule has 0 heterocycles. The Morgan fingerprint density at radius 3 is 2.55 bits per heavy atom. The van der Waals surface area contributed by atoms with Crippen molar-refractivity contribution in [2.75, 3.05) is 5.73 Å². The van der Waals surface area contributed by atoms with Crippen molar-refractivity contribution in [1.82, 2.24) is 0 Å². The second-order valence-electron chi connectivity index (χ2n) is 1.97. The molecule has 11 heavy (non-hydrogen) atoms. The molecule has 0 unspecified atom stereocenters. The molecule has 56 valence electrons. The molecule has 4 heteroatoms. The van der Waals surface area contributed by atoms with Crippen LogP contribution in [0.1, 0.15) is 5.56 Å². The van der Waals surface area contributed by atoms with Gasteiger partial charge in [-0.1, -0.05) is 15.9 Å². The summed E-state index contributed by atoms with van der Waals surface area (Å²) in [6.45, 7) is 0. The Morgan fingerprint density at radius 2 is 2.00 bits per heavy atom. The summed E-state index contributed by atoms with van der Waals surface area (Å²) in [5.74, 6) is 0. The van der Waals surface area contributed by atoms with E-state index in [-0.39, 0.29) is 0 Å². The van der Waals surface area contributed by atoms with Gasteiger partial charge in [0.05, 0.1) is 10.0 Å². The number of nitrogen functional groups attached to an aromatic ring is 1. The Kier molecular flexibility index (Phi) is 2.53. The van der Waals surface area contributed by atoms with E-state index >= 15 is 0 Å². The van der Waals surface area contributed by atoms with Crippen molar-refractivity contribution in [3.63, 3.8) is 0 Å². The van der Waals surface area contributed by atoms with Crippen LogP contribution in [0.5, 0.6) is 0 Å². The van der Waals surface area contributed by atoms with Crippen LogP contribution in [0.15, 0.2) is 21.1 Å². The summed E-state index contributed by atoms with van der Waals surface area (Å²) in [5, 5.41) is 8.61. The molecule has 0 bridgehead atoms. The summed E-state index contributed by atoms with van der Waals surface area (Å²) >= 11 is 6.44. The lowest BCUT2D eigenvalue weighted by Gasteiger charge is -2.00. The molecule has 0 amide bonds. The van der Waals surface area contributed by atoms with Crippen molar-refractivity contribution in [1.29, 1.82) is 5.26 Å². The molecule has 0 spiro atoms. The van der Waals surface area contributed by atoms with E-state index < -0.39 is 0 Å². The molecule has 0 radical (unpaired) electrons. The zero-order valence-electron chi connectivity index (χ0n) is 5.44. The van der Waals surface area contributed by atoms with Crippen molar-refractivity contribution in [3.8, 4) is 6.07 Å². The van der Waals surface area contributed by atoms with Crippen LogP contribution in [0.25, 0.3) is 0 Å². The summed E-state index contributed by atoms with van der Waals surface area (Å²) in [4.78, 5) is 0. The first-order valence-corrected chi connectivity index (χ1v) is 4.38. The van der Waals surface area contributed by atoms with E-state index in [0.717, 1.165) is 4.47 Å². The van der Waals surface area contributed by atoms with E-state index in [1.165, 1.54) is 0 Å². The van der Waals surface area contributed by atoms with Crippen molar-refractivity contribution < 1.29 is 0 Å². The van der Waals surface area contributed by atoms with Crippen molar-refractivity contribution >= 4 is 37.5 Å². The monoisotopic (exact) mass is 274 g/mol. The van der Waals surface area contributed by atoms with E-state index in [1.54, 1.807) is 12.1 Å². The lowest BCUT2D eigenvalue weighted by Crippen LogP contribution is -1.89. The molecule has 0 fully saturated rings. The number of hydrogen-bond donors (Lipinski definition) is 1. The standard InChI is InChI=1S/C7H4Br2N2/c8-5-1-4(3-10)7(9)6(11)2-5/h1-2H,11H2. The second kappa shape index (κ2) is 3.24. The van der Waals surface area contributed by atoms with Gasteiger partial charge in [-0.25, -0.2) is 0 Å². The topological polar surface area (TPSA) is 49.8 Å². The van der Waals surface area contributed by atoms with Gasteiger partial charge in [-0.3, -0.25) is 0 Å². The number of hydrogen-bond acceptors (Lipinski definition) is 2. The molecule has 0 aliphatic heterocycles. The maximum absolute atomic E-state index is 8.61. The van der Waals surface area contributed by atoms with Crippen molar-refractivity contribution in [3.05, 3.63) is 26.6 Å². The predicted molar refractivity (Wildman–Crippen MR) is 51.0 cm³/mol. The molecule has 2 nitrogen and oxygen atoms in total. The molecule has 0 aromatic heterocycles. The van der Waals surface area contributed by atoms with Gasteiger partial charge in [-0.05, 0) is 28.1 Å². The summed E-state index contributed by atoms with van der Waals surface area (Å²) in [6, 6.07) is 5.47. The summed E-state index contributed by atoms with van der Waals surface area (Å²) < 4.78 is 1.47. The quantitative estimate of drug-likeness (QED) is 0.740. The average molecular weight is 276 g/mol. The zero-order chi connectivity index (χ0) is 8.43. The number of benzene rings is 1. The van der Waals surface area contributed by atoms with Crippen molar-refractivity contribution in [2.24, 2.45) is 0 Å². The fourth-order valence-electron chi connectivity index (χ4n) is 0.692. The highest BCUT2D eigenvalue weighted by molar-refractivity contribution is 9.11. The van der Waals surface area contributed by atoms with Gasteiger partial charge in [0, 0.05) is 10.2 Å². The normalized spacial score (nSPS) is 9.18. The van der Waals surface area contributed by atoms with Crippen LogP contribution in [-0.2, 0) is 0 Å². The van der Waals surface area contributed by atoms with Crippen LogP contribution in [0.2, 0.25) is 0 Å².